The third kappa shape index (κ3) is 5.87. The van der Waals surface area contributed by atoms with Crippen LogP contribution >= 0.6 is 12.4 Å². The van der Waals surface area contributed by atoms with E-state index in [0.29, 0.717) is 13.0 Å². The Kier molecular flexibility index (Phi) is 8.69. The van der Waals surface area contributed by atoms with Gasteiger partial charge in [-0.05, 0) is 57.0 Å². The van der Waals surface area contributed by atoms with Crippen LogP contribution < -0.4 is 15.8 Å². The number of likely N-dealkylation sites (tertiary alicyclic amines) is 1. The number of amides is 1. The zero-order valence-electron chi connectivity index (χ0n) is 15.6. The number of methoxy groups -OCH3 is 1. The van der Waals surface area contributed by atoms with Gasteiger partial charge in [-0.2, -0.15) is 0 Å². The Morgan fingerprint density at radius 1 is 1.40 bits per heavy atom. The Bertz CT molecular complexity index is 545. The molecular weight excluding hydrogens is 338 g/mol. The maximum absolute atomic E-state index is 12.4. The summed E-state index contributed by atoms with van der Waals surface area (Å²) in [5.74, 6) is 0.772. The monoisotopic (exact) mass is 369 g/mol. The highest BCUT2D eigenvalue weighted by Crippen LogP contribution is 2.27. The minimum absolute atomic E-state index is 0. The molecule has 2 rings (SSSR count). The van der Waals surface area contributed by atoms with Crippen molar-refractivity contribution in [3.8, 4) is 5.75 Å². The first-order valence-electron chi connectivity index (χ1n) is 8.93. The number of hydrogen-bond acceptors (Lipinski definition) is 4. The molecule has 0 bridgehead atoms. The van der Waals surface area contributed by atoms with Crippen LogP contribution in [-0.4, -0.2) is 43.1 Å². The quantitative estimate of drug-likeness (QED) is 0.739. The molecule has 0 aromatic heterocycles. The molecular formula is C19H32ClN3O2. The predicted octanol–water partition coefficient (Wildman–Crippen LogP) is 2.89. The van der Waals surface area contributed by atoms with Gasteiger partial charge >= 0.3 is 0 Å². The molecule has 0 saturated carbocycles. The first-order chi connectivity index (χ1) is 11.5. The summed E-state index contributed by atoms with van der Waals surface area (Å²) in [4.78, 5) is 14.9. The van der Waals surface area contributed by atoms with Crippen molar-refractivity contribution in [2.24, 2.45) is 5.73 Å². The van der Waals surface area contributed by atoms with Crippen molar-refractivity contribution >= 4 is 18.3 Å². The van der Waals surface area contributed by atoms with Crippen molar-refractivity contribution < 1.29 is 9.53 Å². The number of nitrogens with two attached hydrogens (primary N) is 1. The molecule has 1 fully saturated rings. The van der Waals surface area contributed by atoms with Gasteiger partial charge < -0.3 is 15.8 Å². The Balaban J connectivity index is 0.00000312. The van der Waals surface area contributed by atoms with Crippen molar-refractivity contribution in [3.05, 3.63) is 29.8 Å². The molecule has 0 aliphatic carbocycles. The smallest absolute Gasteiger partial charge is 0.239 e. The lowest BCUT2D eigenvalue weighted by Crippen LogP contribution is -2.53. The molecule has 0 spiro atoms. The summed E-state index contributed by atoms with van der Waals surface area (Å²) in [5, 5.41) is 3.07. The Morgan fingerprint density at radius 2 is 2.08 bits per heavy atom. The standard InChI is InChI=1S/C19H31N3O2.ClH/c1-4-10-19(2,20)18(23)21-14-17(22-11-5-6-12-22)15-8-7-9-16(13-15)24-3;/h7-9,13,17H,4-6,10-12,14,20H2,1-3H3,(H,21,23);1H. The molecule has 1 aliphatic rings. The third-order valence-electron chi connectivity index (χ3n) is 4.80. The van der Waals surface area contributed by atoms with Gasteiger partial charge in [0.2, 0.25) is 5.91 Å². The SMILES string of the molecule is CCCC(C)(N)C(=O)NCC(c1cccc(OC)c1)N1CCCC1.Cl. The number of halogens is 1. The second-order valence-corrected chi connectivity index (χ2v) is 6.91. The van der Waals surface area contributed by atoms with E-state index in [1.54, 1.807) is 7.11 Å². The lowest BCUT2D eigenvalue weighted by atomic mass is 9.96. The Hall–Kier alpha value is -1.30. The molecule has 25 heavy (non-hydrogen) atoms. The molecule has 2 atom stereocenters. The normalized spacial score (nSPS) is 18.1. The zero-order chi connectivity index (χ0) is 17.6. The molecule has 1 aromatic rings. The van der Waals surface area contributed by atoms with E-state index in [4.69, 9.17) is 10.5 Å². The highest BCUT2D eigenvalue weighted by atomic mass is 35.5. The van der Waals surface area contributed by atoms with E-state index in [9.17, 15) is 4.79 Å². The van der Waals surface area contributed by atoms with Gasteiger partial charge in [-0.25, -0.2) is 0 Å². The third-order valence-corrected chi connectivity index (χ3v) is 4.80. The van der Waals surface area contributed by atoms with E-state index in [0.717, 1.165) is 25.3 Å². The minimum Gasteiger partial charge on any atom is -0.497 e. The number of nitrogens with one attached hydrogen (secondary N) is 1. The molecule has 1 heterocycles. The summed E-state index contributed by atoms with van der Waals surface area (Å²) in [7, 11) is 1.68. The van der Waals surface area contributed by atoms with Crippen LogP contribution in [0, 0.1) is 0 Å². The summed E-state index contributed by atoms with van der Waals surface area (Å²) in [6.45, 7) is 6.55. The van der Waals surface area contributed by atoms with Gasteiger partial charge in [0.15, 0.2) is 0 Å². The molecule has 1 aromatic carbocycles. The molecule has 5 nitrogen and oxygen atoms in total. The molecule has 6 heteroatoms. The molecule has 1 aliphatic heterocycles. The molecule has 1 saturated heterocycles. The van der Waals surface area contributed by atoms with E-state index >= 15 is 0 Å². The lowest BCUT2D eigenvalue weighted by molar-refractivity contribution is -0.126. The molecule has 2 unspecified atom stereocenters. The zero-order valence-corrected chi connectivity index (χ0v) is 16.4. The number of rotatable bonds is 8. The van der Waals surface area contributed by atoms with E-state index in [1.807, 2.05) is 26.0 Å². The largest absolute Gasteiger partial charge is 0.497 e. The number of ether oxygens (including phenoxy) is 1. The maximum atomic E-state index is 12.4. The van der Waals surface area contributed by atoms with E-state index in [2.05, 4.69) is 22.3 Å². The second kappa shape index (κ2) is 10.00. The highest BCUT2D eigenvalue weighted by Gasteiger charge is 2.29. The van der Waals surface area contributed by atoms with Crippen LogP contribution in [0.3, 0.4) is 0 Å². The van der Waals surface area contributed by atoms with Gasteiger partial charge in [0.25, 0.3) is 0 Å². The number of hydrogen-bond donors (Lipinski definition) is 2. The van der Waals surface area contributed by atoms with Gasteiger partial charge in [0.05, 0.1) is 18.7 Å². The minimum atomic E-state index is -0.807. The molecule has 0 radical (unpaired) electrons. The van der Waals surface area contributed by atoms with Crippen LogP contribution in [0.5, 0.6) is 5.75 Å². The van der Waals surface area contributed by atoms with Crippen LogP contribution in [0.15, 0.2) is 24.3 Å². The molecule has 3 N–H and O–H groups in total. The summed E-state index contributed by atoms with van der Waals surface area (Å²) in [6.07, 6.45) is 4.00. The van der Waals surface area contributed by atoms with E-state index in [1.165, 1.54) is 18.4 Å². The van der Waals surface area contributed by atoms with Crippen LogP contribution in [0.4, 0.5) is 0 Å². The average Bonchev–Trinajstić information content (AvgIpc) is 3.09. The fourth-order valence-electron chi connectivity index (χ4n) is 3.38. The number of nitrogens with zero attached hydrogens (tertiary/aromatic N) is 1. The van der Waals surface area contributed by atoms with Crippen LogP contribution in [0.1, 0.15) is 51.1 Å². The molecule has 1 amide bonds. The number of benzene rings is 1. The van der Waals surface area contributed by atoms with Gasteiger partial charge in [0.1, 0.15) is 5.75 Å². The highest BCUT2D eigenvalue weighted by molar-refractivity contribution is 5.85. The Labute approximate surface area is 157 Å². The van der Waals surface area contributed by atoms with Crippen molar-refractivity contribution in [2.45, 2.75) is 51.1 Å². The number of carbonyl (C=O) groups is 1. The van der Waals surface area contributed by atoms with Crippen LogP contribution in [0.25, 0.3) is 0 Å². The topological polar surface area (TPSA) is 67.6 Å². The second-order valence-electron chi connectivity index (χ2n) is 6.91. The van der Waals surface area contributed by atoms with E-state index < -0.39 is 5.54 Å². The fraction of sp³-hybridized carbons (Fsp3) is 0.632. The maximum Gasteiger partial charge on any atom is 0.239 e. The van der Waals surface area contributed by atoms with Gasteiger partial charge in [-0.15, -0.1) is 12.4 Å². The number of carbonyl (C=O) groups excluding carboxylic acids is 1. The molecule has 142 valence electrons. The van der Waals surface area contributed by atoms with Crippen LogP contribution in [0.2, 0.25) is 0 Å². The summed E-state index contributed by atoms with van der Waals surface area (Å²) >= 11 is 0. The van der Waals surface area contributed by atoms with Crippen LogP contribution in [-0.2, 0) is 4.79 Å². The summed E-state index contributed by atoms with van der Waals surface area (Å²) in [5.41, 5.74) is 6.51. The lowest BCUT2D eigenvalue weighted by Gasteiger charge is -2.30. The van der Waals surface area contributed by atoms with Crippen molar-refractivity contribution in [1.29, 1.82) is 0 Å². The van der Waals surface area contributed by atoms with Crippen molar-refractivity contribution in [1.82, 2.24) is 10.2 Å². The summed E-state index contributed by atoms with van der Waals surface area (Å²) in [6, 6.07) is 8.27. The van der Waals surface area contributed by atoms with Gasteiger partial charge in [-0.3, -0.25) is 9.69 Å². The van der Waals surface area contributed by atoms with Gasteiger partial charge in [0, 0.05) is 6.54 Å². The van der Waals surface area contributed by atoms with E-state index in [-0.39, 0.29) is 24.4 Å². The van der Waals surface area contributed by atoms with Crippen molar-refractivity contribution in [3.63, 3.8) is 0 Å². The van der Waals surface area contributed by atoms with Gasteiger partial charge in [-0.1, -0.05) is 25.5 Å². The van der Waals surface area contributed by atoms with Crippen molar-refractivity contribution in [2.75, 3.05) is 26.7 Å². The average molecular weight is 370 g/mol. The summed E-state index contributed by atoms with van der Waals surface area (Å²) < 4.78 is 5.35. The first-order valence-corrected chi connectivity index (χ1v) is 8.93. The Morgan fingerprint density at radius 3 is 2.68 bits per heavy atom. The predicted molar refractivity (Wildman–Crippen MR) is 104 cm³/mol. The fourth-order valence-corrected chi connectivity index (χ4v) is 3.38. The first kappa shape index (κ1) is 21.7.